The van der Waals surface area contributed by atoms with Crippen molar-refractivity contribution in [3.05, 3.63) is 0 Å². The smallest absolute Gasteiger partial charge is 0.234 e. The lowest BCUT2D eigenvalue weighted by Gasteiger charge is -2.35. The molecule has 2 unspecified atom stereocenters. The third kappa shape index (κ3) is 6.59. The van der Waals surface area contributed by atoms with Crippen molar-refractivity contribution >= 4 is 18.3 Å². The fourth-order valence-corrected chi connectivity index (χ4v) is 2.37. The molecule has 1 fully saturated rings. The molecule has 114 valence electrons. The van der Waals surface area contributed by atoms with Crippen LogP contribution in [0.15, 0.2) is 0 Å². The van der Waals surface area contributed by atoms with Crippen LogP contribution in [0.1, 0.15) is 47.0 Å². The van der Waals surface area contributed by atoms with Gasteiger partial charge in [-0.05, 0) is 52.5 Å². The normalized spacial score (nSPS) is 22.5. The van der Waals surface area contributed by atoms with Gasteiger partial charge in [-0.3, -0.25) is 9.69 Å². The minimum Gasteiger partial charge on any atom is -0.350 e. The van der Waals surface area contributed by atoms with Gasteiger partial charge in [0.1, 0.15) is 0 Å². The van der Waals surface area contributed by atoms with Gasteiger partial charge in [-0.1, -0.05) is 6.92 Å². The molecule has 1 saturated heterocycles. The van der Waals surface area contributed by atoms with Gasteiger partial charge in [0, 0.05) is 18.1 Å². The van der Waals surface area contributed by atoms with E-state index in [1.807, 2.05) is 0 Å². The van der Waals surface area contributed by atoms with Crippen molar-refractivity contribution < 1.29 is 4.79 Å². The zero-order chi connectivity index (χ0) is 13.8. The van der Waals surface area contributed by atoms with E-state index in [1.165, 1.54) is 6.42 Å². The first-order valence-electron chi connectivity index (χ1n) is 7.13. The maximum Gasteiger partial charge on any atom is 0.234 e. The Morgan fingerprint density at radius 3 is 2.68 bits per heavy atom. The molecule has 0 aromatic rings. The van der Waals surface area contributed by atoms with E-state index in [0.29, 0.717) is 12.5 Å². The first kappa shape index (κ1) is 18.7. The van der Waals surface area contributed by atoms with Crippen LogP contribution in [0.4, 0.5) is 0 Å². The van der Waals surface area contributed by atoms with Crippen molar-refractivity contribution in [3.63, 3.8) is 0 Å². The Bertz CT molecular complexity index is 282. The standard InChI is InChI=1S/C14H29N3O.ClH/c1-5-14(3,4)16-13(18)10-17-8-6-7-12(9-17)11(2)15;/h11-12H,5-10,15H2,1-4H3,(H,16,18);1H. The van der Waals surface area contributed by atoms with Crippen LogP contribution in [-0.2, 0) is 4.79 Å². The van der Waals surface area contributed by atoms with Gasteiger partial charge in [-0.15, -0.1) is 12.4 Å². The first-order chi connectivity index (χ1) is 8.34. The summed E-state index contributed by atoms with van der Waals surface area (Å²) in [5.41, 5.74) is 5.85. The molecule has 0 bridgehead atoms. The molecule has 0 spiro atoms. The highest BCUT2D eigenvalue weighted by Crippen LogP contribution is 2.18. The van der Waals surface area contributed by atoms with E-state index >= 15 is 0 Å². The maximum absolute atomic E-state index is 12.0. The van der Waals surface area contributed by atoms with Gasteiger partial charge >= 0.3 is 0 Å². The monoisotopic (exact) mass is 291 g/mol. The van der Waals surface area contributed by atoms with Gasteiger partial charge < -0.3 is 11.1 Å². The number of nitrogens with one attached hydrogen (secondary N) is 1. The number of likely N-dealkylation sites (tertiary alicyclic amines) is 1. The Balaban J connectivity index is 0.00000324. The Labute approximate surface area is 123 Å². The number of piperidine rings is 1. The number of halogens is 1. The molecule has 0 aliphatic carbocycles. The molecule has 0 saturated carbocycles. The van der Waals surface area contributed by atoms with Gasteiger partial charge in [-0.2, -0.15) is 0 Å². The summed E-state index contributed by atoms with van der Waals surface area (Å²) >= 11 is 0. The fourth-order valence-electron chi connectivity index (χ4n) is 2.37. The number of carbonyl (C=O) groups excluding carboxylic acids is 1. The largest absolute Gasteiger partial charge is 0.350 e. The molecule has 1 rings (SSSR count). The zero-order valence-electron chi connectivity index (χ0n) is 12.7. The molecule has 1 amide bonds. The molecule has 0 radical (unpaired) electrons. The molecular formula is C14H30ClN3O. The van der Waals surface area contributed by atoms with Gasteiger partial charge in [-0.25, -0.2) is 0 Å². The second-order valence-electron chi connectivity index (χ2n) is 6.28. The average Bonchev–Trinajstić information content (AvgIpc) is 2.28. The first-order valence-corrected chi connectivity index (χ1v) is 7.13. The molecule has 1 heterocycles. The van der Waals surface area contributed by atoms with Crippen molar-refractivity contribution in [2.75, 3.05) is 19.6 Å². The van der Waals surface area contributed by atoms with Gasteiger partial charge in [0.2, 0.25) is 5.91 Å². The van der Waals surface area contributed by atoms with E-state index in [-0.39, 0.29) is 29.9 Å². The van der Waals surface area contributed by atoms with E-state index in [1.54, 1.807) is 0 Å². The molecule has 4 nitrogen and oxygen atoms in total. The number of nitrogens with two attached hydrogens (primary N) is 1. The SMILES string of the molecule is CCC(C)(C)NC(=O)CN1CCCC(C(C)N)C1.Cl. The van der Waals surface area contributed by atoms with Crippen LogP contribution >= 0.6 is 12.4 Å². The van der Waals surface area contributed by atoms with Crippen molar-refractivity contribution in [1.82, 2.24) is 10.2 Å². The topological polar surface area (TPSA) is 58.4 Å². The lowest BCUT2D eigenvalue weighted by Crippen LogP contribution is -2.50. The molecule has 0 aromatic heterocycles. The molecule has 3 N–H and O–H groups in total. The Kier molecular flexibility index (Phi) is 7.94. The highest BCUT2D eigenvalue weighted by atomic mass is 35.5. The Hall–Kier alpha value is -0.320. The fraction of sp³-hybridized carbons (Fsp3) is 0.929. The molecular weight excluding hydrogens is 262 g/mol. The number of hydrogen-bond donors (Lipinski definition) is 2. The molecule has 1 aliphatic heterocycles. The third-order valence-corrected chi connectivity index (χ3v) is 4.01. The quantitative estimate of drug-likeness (QED) is 0.812. The molecule has 1 aliphatic rings. The van der Waals surface area contributed by atoms with Crippen LogP contribution in [0.3, 0.4) is 0 Å². The minimum atomic E-state index is -0.104. The number of rotatable bonds is 5. The van der Waals surface area contributed by atoms with Crippen LogP contribution < -0.4 is 11.1 Å². The Morgan fingerprint density at radius 1 is 1.53 bits per heavy atom. The summed E-state index contributed by atoms with van der Waals surface area (Å²) in [4.78, 5) is 14.2. The summed E-state index contributed by atoms with van der Waals surface area (Å²) in [6.45, 7) is 10.8. The second kappa shape index (κ2) is 8.08. The summed E-state index contributed by atoms with van der Waals surface area (Å²) in [7, 11) is 0. The summed E-state index contributed by atoms with van der Waals surface area (Å²) in [6.07, 6.45) is 3.29. The molecule has 5 heteroatoms. The lowest BCUT2D eigenvalue weighted by atomic mass is 9.92. The van der Waals surface area contributed by atoms with Crippen molar-refractivity contribution in [1.29, 1.82) is 0 Å². The summed E-state index contributed by atoms with van der Waals surface area (Å²) in [5, 5.41) is 3.09. The van der Waals surface area contributed by atoms with Gasteiger partial charge in [0.15, 0.2) is 0 Å². The number of hydrogen-bond acceptors (Lipinski definition) is 3. The van der Waals surface area contributed by atoms with Crippen LogP contribution in [0, 0.1) is 5.92 Å². The summed E-state index contributed by atoms with van der Waals surface area (Å²) < 4.78 is 0. The van der Waals surface area contributed by atoms with Crippen molar-refractivity contribution in [2.45, 2.75) is 58.5 Å². The lowest BCUT2D eigenvalue weighted by molar-refractivity contribution is -0.124. The van der Waals surface area contributed by atoms with E-state index in [2.05, 4.69) is 37.9 Å². The van der Waals surface area contributed by atoms with Crippen molar-refractivity contribution in [2.24, 2.45) is 11.7 Å². The van der Waals surface area contributed by atoms with Crippen molar-refractivity contribution in [3.8, 4) is 0 Å². The molecule has 2 atom stereocenters. The van der Waals surface area contributed by atoms with Crippen LogP contribution in [0.25, 0.3) is 0 Å². The van der Waals surface area contributed by atoms with E-state index in [4.69, 9.17) is 5.73 Å². The second-order valence-corrected chi connectivity index (χ2v) is 6.28. The Morgan fingerprint density at radius 2 is 2.16 bits per heavy atom. The predicted molar refractivity (Wildman–Crippen MR) is 82.6 cm³/mol. The predicted octanol–water partition coefficient (Wildman–Crippen LogP) is 1.77. The summed E-state index contributed by atoms with van der Waals surface area (Å²) in [6, 6.07) is 0.225. The molecule has 19 heavy (non-hydrogen) atoms. The van der Waals surface area contributed by atoms with Crippen LogP contribution in [0.2, 0.25) is 0 Å². The average molecular weight is 292 g/mol. The zero-order valence-corrected chi connectivity index (χ0v) is 13.6. The third-order valence-electron chi connectivity index (χ3n) is 4.01. The summed E-state index contributed by atoms with van der Waals surface area (Å²) in [5.74, 6) is 0.665. The number of carbonyl (C=O) groups is 1. The van der Waals surface area contributed by atoms with E-state index < -0.39 is 0 Å². The highest BCUT2D eigenvalue weighted by molar-refractivity contribution is 5.85. The molecule has 0 aromatic carbocycles. The number of nitrogens with zero attached hydrogens (tertiary/aromatic N) is 1. The van der Waals surface area contributed by atoms with E-state index in [9.17, 15) is 4.79 Å². The highest BCUT2D eigenvalue weighted by Gasteiger charge is 2.25. The van der Waals surface area contributed by atoms with Gasteiger partial charge in [0.05, 0.1) is 6.54 Å². The maximum atomic E-state index is 12.0. The minimum absolute atomic E-state index is 0. The van der Waals surface area contributed by atoms with Gasteiger partial charge in [0.25, 0.3) is 0 Å². The van der Waals surface area contributed by atoms with E-state index in [0.717, 1.165) is 25.9 Å². The van der Waals surface area contributed by atoms with Crippen LogP contribution in [0.5, 0.6) is 0 Å². The number of amides is 1. The van der Waals surface area contributed by atoms with Crippen LogP contribution in [-0.4, -0.2) is 42.0 Å².